The third kappa shape index (κ3) is 5.42. The van der Waals surface area contributed by atoms with Crippen LogP contribution in [0.5, 0.6) is 5.75 Å². The number of sulfonamides is 1. The Bertz CT molecular complexity index is 1420. The maximum absolute atomic E-state index is 13.7. The van der Waals surface area contributed by atoms with Crippen LogP contribution in [0.15, 0.2) is 71.6 Å². The Balaban J connectivity index is 0.00000231. The summed E-state index contributed by atoms with van der Waals surface area (Å²) in [6, 6.07) is 19.1. The van der Waals surface area contributed by atoms with Gasteiger partial charge in [-0.25, -0.2) is 13.4 Å². The molecule has 2 aliphatic heterocycles. The van der Waals surface area contributed by atoms with E-state index >= 15 is 0 Å². The van der Waals surface area contributed by atoms with E-state index in [-0.39, 0.29) is 26.3 Å². The SMILES string of the molecule is COc1ccc(C2(C(=O)Nc3cccc(-c4ccc(S(=O)(=O)N5CCC[C@@H]5CO)cc4)n3)CCOCC2)cc1.[HH].[HH]. The number of amides is 1. The highest BCUT2D eigenvalue weighted by Crippen LogP contribution is 2.37. The highest BCUT2D eigenvalue weighted by atomic mass is 32.2. The number of nitrogens with one attached hydrogen (secondary N) is 1. The zero-order valence-electron chi connectivity index (χ0n) is 21.9. The minimum absolute atomic E-state index is 0. The number of benzene rings is 2. The second kappa shape index (κ2) is 11.4. The van der Waals surface area contributed by atoms with E-state index in [1.807, 2.05) is 36.4 Å². The van der Waals surface area contributed by atoms with E-state index in [0.29, 0.717) is 50.5 Å². The average Bonchev–Trinajstić information content (AvgIpc) is 3.48. The summed E-state index contributed by atoms with van der Waals surface area (Å²) in [5, 5.41) is 12.6. The standard InChI is InChI=1S/C29H33N3O6S.2H2/c1-37-24-11-9-22(10-12-24)29(15-18-38-19-16-29)28(34)31-27-6-2-5-26(30-27)21-7-13-25(14-8-21)39(35,36)32-17-3-4-23(32)20-33;;/h2,5-14,23,33H,3-4,15-20H2,1H3,(H,30,31,34);2*1H/t23-;;/m1../s1. The number of nitrogens with zero attached hydrogens (tertiary/aromatic N) is 2. The molecule has 5 rings (SSSR count). The van der Waals surface area contributed by atoms with Gasteiger partial charge in [0.2, 0.25) is 15.9 Å². The predicted molar refractivity (Wildman–Crippen MR) is 151 cm³/mol. The smallest absolute Gasteiger partial charge is 0.243 e. The molecule has 0 radical (unpaired) electrons. The summed E-state index contributed by atoms with van der Waals surface area (Å²) < 4.78 is 38.4. The van der Waals surface area contributed by atoms with Gasteiger partial charge in [0, 0.05) is 34.2 Å². The quantitative estimate of drug-likeness (QED) is 0.430. The van der Waals surface area contributed by atoms with Gasteiger partial charge in [-0.05, 0) is 67.6 Å². The summed E-state index contributed by atoms with van der Waals surface area (Å²) in [5.74, 6) is 0.991. The van der Waals surface area contributed by atoms with Crippen molar-refractivity contribution in [1.29, 1.82) is 0 Å². The summed E-state index contributed by atoms with van der Waals surface area (Å²) >= 11 is 0. The molecular weight excluding hydrogens is 518 g/mol. The molecule has 10 heteroatoms. The summed E-state index contributed by atoms with van der Waals surface area (Å²) in [6.45, 7) is 1.19. The normalized spacial score (nSPS) is 19.5. The van der Waals surface area contributed by atoms with Crippen LogP contribution in [0.3, 0.4) is 0 Å². The number of pyridine rings is 1. The number of methoxy groups -OCH3 is 1. The second-order valence-electron chi connectivity index (χ2n) is 9.90. The Morgan fingerprint density at radius 2 is 1.85 bits per heavy atom. The van der Waals surface area contributed by atoms with Gasteiger partial charge in [0.05, 0.1) is 29.7 Å². The van der Waals surface area contributed by atoms with Crippen molar-refractivity contribution in [1.82, 2.24) is 9.29 Å². The molecule has 9 nitrogen and oxygen atoms in total. The monoisotopic (exact) mass is 555 g/mol. The summed E-state index contributed by atoms with van der Waals surface area (Å²) in [4.78, 5) is 18.5. The van der Waals surface area contributed by atoms with Gasteiger partial charge >= 0.3 is 0 Å². The first kappa shape index (κ1) is 27.3. The van der Waals surface area contributed by atoms with Crippen LogP contribution < -0.4 is 10.1 Å². The van der Waals surface area contributed by atoms with Gasteiger partial charge in [0.15, 0.2) is 0 Å². The first-order chi connectivity index (χ1) is 18.9. The van der Waals surface area contributed by atoms with Crippen molar-refractivity contribution in [2.75, 3.05) is 38.8 Å². The number of hydrogen-bond acceptors (Lipinski definition) is 7. The molecular formula is C29H37N3O6S. The molecule has 0 aliphatic carbocycles. The number of aliphatic hydroxyl groups excluding tert-OH is 1. The van der Waals surface area contributed by atoms with Gasteiger partial charge in [-0.2, -0.15) is 4.31 Å². The van der Waals surface area contributed by atoms with E-state index in [9.17, 15) is 18.3 Å². The lowest BCUT2D eigenvalue weighted by Crippen LogP contribution is -2.45. The molecule has 2 aliphatic rings. The number of aromatic nitrogens is 1. The van der Waals surface area contributed by atoms with Crippen LogP contribution in [0, 0.1) is 0 Å². The molecule has 39 heavy (non-hydrogen) atoms. The molecule has 2 saturated heterocycles. The third-order valence-electron chi connectivity index (χ3n) is 7.70. The lowest BCUT2D eigenvalue weighted by molar-refractivity contribution is -0.125. The van der Waals surface area contributed by atoms with E-state index < -0.39 is 15.4 Å². The molecule has 0 saturated carbocycles. The van der Waals surface area contributed by atoms with E-state index in [2.05, 4.69) is 10.3 Å². The zero-order chi connectivity index (χ0) is 27.5. The van der Waals surface area contributed by atoms with E-state index in [4.69, 9.17) is 9.47 Å². The molecule has 2 aromatic carbocycles. The highest BCUT2D eigenvalue weighted by molar-refractivity contribution is 7.89. The number of aliphatic hydroxyl groups is 1. The van der Waals surface area contributed by atoms with Gasteiger partial charge < -0.3 is 19.9 Å². The van der Waals surface area contributed by atoms with E-state index in [1.54, 1.807) is 37.4 Å². The number of hydrogen-bond donors (Lipinski definition) is 2. The number of rotatable bonds is 8. The Hall–Kier alpha value is -3.31. The summed E-state index contributed by atoms with van der Waals surface area (Å²) in [6.07, 6.45) is 2.49. The fourth-order valence-electron chi connectivity index (χ4n) is 5.42. The summed E-state index contributed by atoms with van der Waals surface area (Å²) in [5.41, 5.74) is 1.48. The fourth-order valence-corrected chi connectivity index (χ4v) is 7.10. The fraction of sp³-hybridized carbons (Fsp3) is 0.379. The minimum Gasteiger partial charge on any atom is -0.497 e. The number of carbonyl (C=O) groups excluding carboxylic acids is 1. The van der Waals surface area contributed by atoms with Crippen molar-refractivity contribution < 1.29 is 30.6 Å². The van der Waals surface area contributed by atoms with Gasteiger partial charge in [0.25, 0.3) is 0 Å². The number of anilines is 1. The maximum atomic E-state index is 13.7. The minimum atomic E-state index is -3.70. The molecule has 0 unspecified atom stereocenters. The molecule has 0 spiro atoms. The number of carbonyl (C=O) groups is 1. The van der Waals surface area contributed by atoms with Crippen molar-refractivity contribution >= 4 is 21.7 Å². The predicted octanol–water partition coefficient (Wildman–Crippen LogP) is 4.08. The van der Waals surface area contributed by atoms with Gasteiger partial charge in [-0.3, -0.25) is 4.79 Å². The molecule has 1 amide bonds. The van der Waals surface area contributed by atoms with Crippen LogP contribution in [-0.2, 0) is 25.0 Å². The summed E-state index contributed by atoms with van der Waals surface area (Å²) in [7, 11) is -2.09. The van der Waals surface area contributed by atoms with Gasteiger partial charge in [0.1, 0.15) is 11.6 Å². The van der Waals surface area contributed by atoms with Crippen LogP contribution >= 0.6 is 0 Å². The Kier molecular flexibility index (Phi) is 7.99. The van der Waals surface area contributed by atoms with Crippen LogP contribution in [-0.4, -0.2) is 68.2 Å². The van der Waals surface area contributed by atoms with Crippen LogP contribution in [0.1, 0.15) is 34.1 Å². The topological polar surface area (TPSA) is 118 Å². The Morgan fingerprint density at radius 1 is 1.13 bits per heavy atom. The zero-order valence-corrected chi connectivity index (χ0v) is 22.7. The highest BCUT2D eigenvalue weighted by Gasteiger charge is 2.42. The molecule has 2 fully saturated rings. The van der Waals surface area contributed by atoms with Crippen molar-refractivity contribution in [3.8, 4) is 17.0 Å². The molecule has 3 heterocycles. The molecule has 3 aromatic rings. The Morgan fingerprint density at radius 3 is 2.51 bits per heavy atom. The van der Waals surface area contributed by atoms with Crippen LogP contribution in [0.4, 0.5) is 5.82 Å². The molecule has 2 N–H and O–H groups in total. The van der Waals surface area contributed by atoms with E-state index in [0.717, 1.165) is 23.3 Å². The maximum Gasteiger partial charge on any atom is 0.243 e. The average molecular weight is 556 g/mol. The molecule has 210 valence electrons. The first-order valence-electron chi connectivity index (χ1n) is 13.1. The van der Waals surface area contributed by atoms with Crippen LogP contribution in [0.2, 0.25) is 0 Å². The third-order valence-corrected chi connectivity index (χ3v) is 9.67. The lowest BCUT2D eigenvalue weighted by Gasteiger charge is -2.36. The van der Waals surface area contributed by atoms with Crippen molar-refractivity contribution in [3.63, 3.8) is 0 Å². The van der Waals surface area contributed by atoms with Gasteiger partial charge in [-0.15, -0.1) is 0 Å². The van der Waals surface area contributed by atoms with Crippen molar-refractivity contribution in [2.45, 2.75) is 42.0 Å². The van der Waals surface area contributed by atoms with E-state index in [1.165, 1.54) is 4.31 Å². The van der Waals surface area contributed by atoms with Gasteiger partial charge in [-0.1, -0.05) is 30.3 Å². The van der Waals surface area contributed by atoms with Crippen molar-refractivity contribution in [2.24, 2.45) is 0 Å². The first-order valence-corrected chi connectivity index (χ1v) is 14.6. The second-order valence-corrected chi connectivity index (χ2v) is 11.8. The molecule has 1 aromatic heterocycles. The van der Waals surface area contributed by atoms with Crippen molar-refractivity contribution in [3.05, 3.63) is 72.3 Å². The molecule has 1 atom stereocenters. The Labute approximate surface area is 231 Å². The number of ether oxygens (including phenoxy) is 2. The lowest BCUT2D eigenvalue weighted by atomic mass is 9.73. The molecule has 0 bridgehead atoms. The largest absolute Gasteiger partial charge is 0.497 e. The van der Waals surface area contributed by atoms with Crippen LogP contribution in [0.25, 0.3) is 11.3 Å².